The van der Waals surface area contributed by atoms with Crippen LogP contribution in [0.25, 0.3) is 0 Å². The Labute approximate surface area is 111 Å². The van der Waals surface area contributed by atoms with Gasteiger partial charge in [-0.25, -0.2) is 21.9 Å². The fraction of sp³-hybridized carbons (Fsp3) is 0.500. The van der Waals surface area contributed by atoms with Crippen molar-refractivity contribution in [3.63, 3.8) is 0 Å². The van der Waals surface area contributed by atoms with E-state index in [1.165, 1.54) is 0 Å². The Kier molecular flexibility index (Phi) is 5.84. The molecule has 0 radical (unpaired) electrons. The number of aliphatic hydroxyl groups is 1. The molecule has 1 rings (SSSR count). The molecule has 2 N–H and O–H groups in total. The van der Waals surface area contributed by atoms with Crippen LogP contribution in [0.15, 0.2) is 23.1 Å². The van der Waals surface area contributed by atoms with Crippen molar-refractivity contribution >= 4 is 10.0 Å². The quantitative estimate of drug-likeness (QED) is 0.751. The van der Waals surface area contributed by atoms with Crippen LogP contribution in [0.1, 0.15) is 19.8 Å². The Hall–Kier alpha value is -1.05. The van der Waals surface area contributed by atoms with Crippen molar-refractivity contribution in [2.45, 2.75) is 24.7 Å². The normalized spacial score (nSPS) is 13.5. The first kappa shape index (κ1) is 16.0. The van der Waals surface area contributed by atoms with Crippen LogP contribution in [-0.4, -0.2) is 26.7 Å². The molecule has 0 fully saturated rings. The van der Waals surface area contributed by atoms with Crippen molar-refractivity contribution in [2.24, 2.45) is 5.92 Å². The lowest BCUT2D eigenvalue weighted by molar-refractivity contribution is 0.228. The molecule has 19 heavy (non-hydrogen) atoms. The maximum atomic E-state index is 12.9. The Morgan fingerprint density at radius 3 is 2.37 bits per heavy atom. The standard InChI is InChI=1S/C12H17F2NO3S/c1-9(8-16)3-2-4-15-19(17,18)12-6-10(13)5-11(14)7-12/h5-7,9,15-16H,2-4,8H2,1H3. The predicted molar refractivity (Wildman–Crippen MR) is 67.0 cm³/mol. The third kappa shape index (κ3) is 5.22. The van der Waals surface area contributed by atoms with Gasteiger partial charge in [0.05, 0.1) is 4.90 Å². The van der Waals surface area contributed by atoms with Gasteiger partial charge in [-0.3, -0.25) is 0 Å². The minimum atomic E-state index is -3.90. The number of halogens is 2. The SMILES string of the molecule is CC(CO)CCCNS(=O)(=O)c1cc(F)cc(F)c1. The van der Waals surface area contributed by atoms with E-state index in [4.69, 9.17) is 5.11 Å². The van der Waals surface area contributed by atoms with Crippen molar-refractivity contribution in [3.05, 3.63) is 29.8 Å². The van der Waals surface area contributed by atoms with Crippen LogP contribution >= 0.6 is 0 Å². The minimum Gasteiger partial charge on any atom is -0.396 e. The molecule has 1 atom stereocenters. The van der Waals surface area contributed by atoms with Crippen LogP contribution in [0.2, 0.25) is 0 Å². The Bertz CT molecular complexity index is 499. The highest BCUT2D eigenvalue weighted by Crippen LogP contribution is 2.13. The second kappa shape index (κ2) is 6.93. The molecule has 1 aromatic rings. The number of rotatable bonds is 7. The topological polar surface area (TPSA) is 66.4 Å². The van der Waals surface area contributed by atoms with E-state index in [1.807, 2.05) is 6.92 Å². The fourth-order valence-corrected chi connectivity index (χ4v) is 2.63. The summed E-state index contributed by atoms with van der Waals surface area (Å²) < 4.78 is 51.7. The van der Waals surface area contributed by atoms with E-state index in [0.29, 0.717) is 18.9 Å². The van der Waals surface area contributed by atoms with Crippen LogP contribution in [-0.2, 0) is 10.0 Å². The summed E-state index contributed by atoms with van der Waals surface area (Å²) in [5, 5.41) is 8.81. The van der Waals surface area contributed by atoms with Crippen molar-refractivity contribution in [1.29, 1.82) is 0 Å². The smallest absolute Gasteiger partial charge is 0.240 e. The summed E-state index contributed by atoms with van der Waals surface area (Å²) in [6.45, 7) is 2.04. The third-order valence-corrected chi connectivity index (χ3v) is 4.06. The van der Waals surface area contributed by atoms with Crippen molar-refractivity contribution in [1.82, 2.24) is 4.72 Å². The number of benzene rings is 1. The molecule has 0 saturated carbocycles. The number of nitrogens with one attached hydrogen (secondary N) is 1. The zero-order valence-corrected chi connectivity index (χ0v) is 11.4. The van der Waals surface area contributed by atoms with Gasteiger partial charge < -0.3 is 5.11 Å². The Morgan fingerprint density at radius 2 is 1.84 bits per heavy atom. The van der Waals surface area contributed by atoms with Crippen molar-refractivity contribution in [3.8, 4) is 0 Å². The van der Waals surface area contributed by atoms with Gasteiger partial charge in [0.1, 0.15) is 11.6 Å². The number of hydrogen-bond donors (Lipinski definition) is 2. The fourth-order valence-electron chi connectivity index (χ4n) is 1.52. The maximum absolute atomic E-state index is 12.9. The van der Waals surface area contributed by atoms with E-state index < -0.39 is 26.6 Å². The molecule has 108 valence electrons. The summed E-state index contributed by atoms with van der Waals surface area (Å²) in [6.07, 6.45) is 1.20. The highest BCUT2D eigenvalue weighted by atomic mass is 32.2. The molecule has 7 heteroatoms. The molecular weight excluding hydrogens is 276 g/mol. The second-order valence-corrected chi connectivity index (χ2v) is 6.20. The lowest BCUT2D eigenvalue weighted by atomic mass is 10.1. The highest BCUT2D eigenvalue weighted by molar-refractivity contribution is 7.89. The Morgan fingerprint density at radius 1 is 1.26 bits per heavy atom. The van der Waals surface area contributed by atoms with Gasteiger partial charge >= 0.3 is 0 Å². The minimum absolute atomic E-state index is 0.0435. The summed E-state index contributed by atoms with van der Waals surface area (Å²) in [4.78, 5) is -0.430. The first-order valence-corrected chi connectivity index (χ1v) is 7.40. The largest absolute Gasteiger partial charge is 0.396 e. The van der Waals surface area contributed by atoms with Crippen molar-refractivity contribution in [2.75, 3.05) is 13.2 Å². The number of aliphatic hydroxyl groups excluding tert-OH is 1. The van der Waals surface area contributed by atoms with Crippen LogP contribution < -0.4 is 4.72 Å². The van der Waals surface area contributed by atoms with Gasteiger partial charge in [0.2, 0.25) is 10.0 Å². The average molecular weight is 293 g/mol. The molecule has 0 aliphatic rings. The molecule has 0 amide bonds. The molecule has 0 aromatic heterocycles. The molecule has 0 aliphatic carbocycles. The number of sulfonamides is 1. The van der Waals surface area contributed by atoms with E-state index in [2.05, 4.69) is 4.72 Å². The second-order valence-electron chi connectivity index (χ2n) is 4.43. The Balaban J connectivity index is 2.61. The van der Waals surface area contributed by atoms with Crippen LogP contribution in [0.5, 0.6) is 0 Å². The van der Waals surface area contributed by atoms with Gasteiger partial charge in [-0.15, -0.1) is 0 Å². The van der Waals surface area contributed by atoms with Crippen LogP contribution in [0.4, 0.5) is 8.78 Å². The summed E-state index contributed by atoms with van der Waals surface area (Å²) in [5.41, 5.74) is 0. The van der Waals surface area contributed by atoms with E-state index in [1.54, 1.807) is 0 Å². The lowest BCUT2D eigenvalue weighted by Crippen LogP contribution is -2.25. The lowest BCUT2D eigenvalue weighted by Gasteiger charge is -2.09. The molecule has 0 saturated heterocycles. The molecule has 0 spiro atoms. The van der Waals surface area contributed by atoms with E-state index >= 15 is 0 Å². The maximum Gasteiger partial charge on any atom is 0.240 e. The molecule has 0 bridgehead atoms. The van der Waals surface area contributed by atoms with Gasteiger partial charge in [-0.05, 0) is 30.9 Å². The summed E-state index contributed by atoms with van der Waals surface area (Å²) >= 11 is 0. The zero-order chi connectivity index (χ0) is 14.5. The van der Waals surface area contributed by atoms with Gasteiger partial charge in [0.25, 0.3) is 0 Å². The molecule has 0 heterocycles. The average Bonchev–Trinajstić information content (AvgIpc) is 2.33. The summed E-state index contributed by atoms with van der Waals surface area (Å²) in [5.74, 6) is -1.78. The molecule has 0 aliphatic heterocycles. The first-order valence-electron chi connectivity index (χ1n) is 5.92. The van der Waals surface area contributed by atoms with E-state index in [9.17, 15) is 17.2 Å². The molecule has 4 nitrogen and oxygen atoms in total. The molecule has 1 aromatic carbocycles. The van der Waals surface area contributed by atoms with Gasteiger partial charge in [-0.1, -0.05) is 6.92 Å². The van der Waals surface area contributed by atoms with Crippen LogP contribution in [0, 0.1) is 17.6 Å². The third-order valence-electron chi connectivity index (χ3n) is 2.62. The van der Waals surface area contributed by atoms with Crippen molar-refractivity contribution < 1.29 is 22.3 Å². The van der Waals surface area contributed by atoms with Gasteiger partial charge in [-0.2, -0.15) is 0 Å². The van der Waals surface area contributed by atoms with Crippen LogP contribution in [0.3, 0.4) is 0 Å². The zero-order valence-electron chi connectivity index (χ0n) is 10.6. The highest BCUT2D eigenvalue weighted by Gasteiger charge is 2.15. The van der Waals surface area contributed by atoms with Gasteiger partial charge in [0.15, 0.2) is 0 Å². The first-order chi connectivity index (χ1) is 8.85. The molecular formula is C12H17F2NO3S. The van der Waals surface area contributed by atoms with E-state index in [-0.39, 0.29) is 19.1 Å². The summed E-state index contributed by atoms with van der Waals surface area (Å²) in [7, 11) is -3.90. The number of hydrogen-bond acceptors (Lipinski definition) is 3. The predicted octanol–water partition coefficient (Wildman–Crippen LogP) is 1.65. The monoisotopic (exact) mass is 293 g/mol. The van der Waals surface area contributed by atoms with E-state index in [0.717, 1.165) is 12.1 Å². The summed E-state index contributed by atoms with van der Waals surface area (Å²) in [6, 6.07) is 2.14. The molecule has 1 unspecified atom stereocenters. The van der Waals surface area contributed by atoms with Gasteiger partial charge in [0, 0.05) is 19.2 Å².